The molecule has 4 nitrogen and oxygen atoms in total. The topological polar surface area (TPSA) is 50.1 Å². The van der Waals surface area contributed by atoms with Crippen molar-refractivity contribution in [1.82, 2.24) is 15.1 Å². The second kappa shape index (κ2) is 6.18. The molecule has 1 aromatic carbocycles. The van der Waals surface area contributed by atoms with E-state index in [4.69, 9.17) is 5.11 Å². The van der Waals surface area contributed by atoms with Crippen molar-refractivity contribution >= 4 is 0 Å². The Morgan fingerprint density at radius 2 is 2.06 bits per heavy atom. The maximum absolute atomic E-state index is 8.66. The molecule has 0 fully saturated rings. The van der Waals surface area contributed by atoms with Crippen molar-refractivity contribution in [3.8, 4) is 5.69 Å². The van der Waals surface area contributed by atoms with Crippen LogP contribution in [0.3, 0.4) is 0 Å². The van der Waals surface area contributed by atoms with Crippen LogP contribution in [0.1, 0.15) is 12.0 Å². The highest BCUT2D eigenvalue weighted by atomic mass is 16.3. The van der Waals surface area contributed by atoms with E-state index in [1.165, 1.54) is 5.56 Å². The average Bonchev–Trinajstić information content (AvgIpc) is 2.89. The predicted octanol–water partition coefficient (Wildman–Crippen LogP) is 1.34. The van der Waals surface area contributed by atoms with E-state index < -0.39 is 0 Å². The van der Waals surface area contributed by atoms with E-state index in [0.717, 1.165) is 25.2 Å². The first kappa shape index (κ1) is 11.8. The van der Waals surface area contributed by atoms with Gasteiger partial charge in [-0.3, -0.25) is 0 Å². The minimum absolute atomic E-state index is 0.241. The molecule has 0 radical (unpaired) electrons. The maximum Gasteiger partial charge on any atom is 0.0645 e. The van der Waals surface area contributed by atoms with Crippen LogP contribution < -0.4 is 5.32 Å². The lowest BCUT2D eigenvalue weighted by Crippen LogP contribution is -2.15. The Morgan fingerprint density at radius 3 is 2.71 bits per heavy atom. The molecule has 0 amide bonds. The molecule has 0 unspecified atom stereocenters. The largest absolute Gasteiger partial charge is 0.396 e. The Hall–Kier alpha value is -1.65. The molecule has 90 valence electrons. The Morgan fingerprint density at radius 1 is 1.24 bits per heavy atom. The van der Waals surface area contributed by atoms with Gasteiger partial charge in [0.15, 0.2) is 0 Å². The summed E-state index contributed by atoms with van der Waals surface area (Å²) in [5.41, 5.74) is 2.30. The number of benzene rings is 1. The normalized spacial score (nSPS) is 10.6. The molecule has 2 aromatic rings. The first-order valence-electron chi connectivity index (χ1n) is 5.80. The van der Waals surface area contributed by atoms with Gasteiger partial charge in [0.1, 0.15) is 0 Å². The van der Waals surface area contributed by atoms with Gasteiger partial charge in [-0.05, 0) is 36.7 Å². The van der Waals surface area contributed by atoms with Gasteiger partial charge in [0.25, 0.3) is 0 Å². The highest BCUT2D eigenvalue weighted by molar-refractivity contribution is 5.33. The lowest BCUT2D eigenvalue weighted by Gasteiger charge is -2.05. The summed E-state index contributed by atoms with van der Waals surface area (Å²) in [6.45, 7) is 1.92. The minimum atomic E-state index is 0.241. The fourth-order valence-electron chi connectivity index (χ4n) is 1.62. The van der Waals surface area contributed by atoms with Gasteiger partial charge in [0, 0.05) is 25.5 Å². The van der Waals surface area contributed by atoms with Crippen LogP contribution in [-0.4, -0.2) is 28.0 Å². The molecular weight excluding hydrogens is 214 g/mol. The molecule has 0 atom stereocenters. The van der Waals surface area contributed by atoms with Gasteiger partial charge in [0.2, 0.25) is 0 Å². The third-order valence-corrected chi connectivity index (χ3v) is 2.55. The SMILES string of the molecule is OCCCNCc1ccc(-n2cccn2)cc1. The second-order valence-corrected chi connectivity index (χ2v) is 3.87. The van der Waals surface area contributed by atoms with Gasteiger partial charge >= 0.3 is 0 Å². The monoisotopic (exact) mass is 231 g/mol. The van der Waals surface area contributed by atoms with E-state index in [9.17, 15) is 0 Å². The molecule has 0 aliphatic rings. The van der Waals surface area contributed by atoms with Crippen LogP contribution in [0.15, 0.2) is 42.7 Å². The van der Waals surface area contributed by atoms with Crippen molar-refractivity contribution in [3.05, 3.63) is 48.3 Å². The predicted molar refractivity (Wildman–Crippen MR) is 67.0 cm³/mol. The van der Waals surface area contributed by atoms with E-state index in [1.54, 1.807) is 6.20 Å². The molecule has 0 saturated carbocycles. The van der Waals surface area contributed by atoms with Crippen LogP contribution in [0.5, 0.6) is 0 Å². The molecule has 17 heavy (non-hydrogen) atoms. The molecule has 0 aliphatic heterocycles. The van der Waals surface area contributed by atoms with Crippen LogP contribution in [0.4, 0.5) is 0 Å². The number of aromatic nitrogens is 2. The highest BCUT2D eigenvalue weighted by Crippen LogP contribution is 2.08. The number of nitrogens with one attached hydrogen (secondary N) is 1. The van der Waals surface area contributed by atoms with Gasteiger partial charge in [-0.25, -0.2) is 4.68 Å². The lowest BCUT2D eigenvalue weighted by molar-refractivity contribution is 0.286. The van der Waals surface area contributed by atoms with Crippen molar-refractivity contribution in [3.63, 3.8) is 0 Å². The number of rotatable bonds is 6. The highest BCUT2D eigenvalue weighted by Gasteiger charge is 1.96. The number of aliphatic hydroxyl groups excluding tert-OH is 1. The van der Waals surface area contributed by atoms with Gasteiger partial charge in [-0.15, -0.1) is 0 Å². The molecule has 0 bridgehead atoms. The summed E-state index contributed by atoms with van der Waals surface area (Å²) in [5.74, 6) is 0. The summed E-state index contributed by atoms with van der Waals surface area (Å²) in [4.78, 5) is 0. The van der Waals surface area contributed by atoms with Gasteiger partial charge < -0.3 is 10.4 Å². The molecular formula is C13H17N3O. The van der Waals surface area contributed by atoms with Crippen molar-refractivity contribution in [1.29, 1.82) is 0 Å². The number of nitrogens with zero attached hydrogens (tertiary/aromatic N) is 2. The van der Waals surface area contributed by atoms with Crippen LogP contribution >= 0.6 is 0 Å². The van der Waals surface area contributed by atoms with Gasteiger partial charge in [-0.2, -0.15) is 5.10 Å². The van der Waals surface area contributed by atoms with Gasteiger partial charge in [0.05, 0.1) is 5.69 Å². The third-order valence-electron chi connectivity index (χ3n) is 2.55. The van der Waals surface area contributed by atoms with Crippen LogP contribution in [0, 0.1) is 0 Å². The van der Waals surface area contributed by atoms with E-state index in [1.807, 2.05) is 16.9 Å². The Labute approximate surface area is 101 Å². The molecule has 1 aromatic heterocycles. The number of hydrogen-bond donors (Lipinski definition) is 2. The second-order valence-electron chi connectivity index (χ2n) is 3.87. The first-order valence-corrected chi connectivity index (χ1v) is 5.80. The summed E-state index contributed by atoms with van der Waals surface area (Å²) < 4.78 is 1.84. The molecule has 0 saturated heterocycles. The summed E-state index contributed by atoms with van der Waals surface area (Å²) in [6.07, 6.45) is 4.49. The zero-order chi connectivity index (χ0) is 11.9. The molecule has 0 aliphatic carbocycles. The molecule has 0 spiro atoms. The van der Waals surface area contributed by atoms with E-state index >= 15 is 0 Å². The Bertz CT molecular complexity index is 422. The van der Waals surface area contributed by atoms with Crippen molar-refractivity contribution in [2.24, 2.45) is 0 Å². The summed E-state index contributed by atoms with van der Waals surface area (Å²) in [5, 5.41) is 16.1. The third kappa shape index (κ3) is 3.41. The van der Waals surface area contributed by atoms with Crippen LogP contribution in [-0.2, 0) is 6.54 Å². The first-order chi connectivity index (χ1) is 8.40. The van der Waals surface area contributed by atoms with E-state index in [2.05, 4.69) is 34.7 Å². The summed E-state index contributed by atoms with van der Waals surface area (Å²) >= 11 is 0. The smallest absolute Gasteiger partial charge is 0.0645 e. The molecule has 1 heterocycles. The molecule has 4 heteroatoms. The lowest BCUT2D eigenvalue weighted by atomic mass is 10.2. The standard InChI is InChI=1S/C13H17N3O/c17-10-2-7-14-11-12-3-5-13(6-4-12)16-9-1-8-15-16/h1,3-6,8-9,14,17H,2,7,10-11H2. The number of hydrogen-bond acceptors (Lipinski definition) is 3. The zero-order valence-corrected chi connectivity index (χ0v) is 9.71. The fourth-order valence-corrected chi connectivity index (χ4v) is 1.62. The van der Waals surface area contributed by atoms with Crippen molar-refractivity contribution < 1.29 is 5.11 Å². The van der Waals surface area contributed by atoms with Crippen LogP contribution in [0.2, 0.25) is 0 Å². The quantitative estimate of drug-likeness (QED) is 0.738. The molecule has 2 rings (SSSR count). The van der Waals surface area contributed by atoms with Gasteiger partial charge in [-0.1, -0.05) is 12.1 Å². The molecule has 2 N–H and O–H groups in total. The Kier molecular flexibility index (Phi) is 4.30. The average molecular weight is 231 g/mol. The van der Waals surface area contributed by atoms with Crippen molar-refractivity contribution in [2.45, 2.75) is 13.0 Å². The minimum Gasteiger partial charge on any atom is -0.396 e. The van der Waals surface area contributed by atoms with E-state index in [0.29, 0.717) is 0 Å². The summed E-state index contributed by atoms with van der Waals surface area (Å²) in [6, 6.07) is 10.2. The Balaban J connectivity index is 1.90. The zero-order valence-electron chi connectivity index (χ0n) is 9.71. The summed E-state index contributed by atoms with van der Waals surface area (Å²) in [7, 11) is 0. The fraction of sp³-hybridized carbons (Fsp3) is 0.308. The number of aliphatic hydroxyl groups is 1. The van der Waals surface area contributed by atoms with Crippen LogP contribution in [0.25, 0.3) is 5.69 Å². The van der Waals surface area contributed by atoms with E-state index in [-0.39, 0.29) is 6.61 Å². The maximum atomic E-state index is 8.66. The van der Waals surface area contributed by atoms with Crippen molar-refractivity contribution in [2.75, 3.05) is 13.2 Å².